The van der Waals surface area contributed by atoms with Crippen LogP contribution in [0.5, 0.6) is 11.5 Å². The van der Waals surface area contributed by atoms with Crippen LogP contribution in [0.2, 0.25) is 0 Å². The second-order valence-corrected chi connectivity index (χ2v) is 5.66. The molecule has 20 heavy (non-hydrogen) atoms. The number of nitrogens with one attached hydrogen (secondary N) is 1. The molecule has 3 heteroatoms. The topological polar surface area (TPSA) is 30.5 Å². The summed E-state index contributed by atoms with van der Waals surface area (Å²) in [6.07, 6.45) is 5.17. The highest BCUT2D eigenvalue weighted by atomic mass is 16.5. The van der Waals surface area contributed by atoms with Gasteiger partial charge in [-0.25, -0.2) is 0 Å². The van der Waals surface area contributed by atoms with Crippen LogP contribution >= 0.6 is 0 Å². The third-order valence-corrected chi connectivity index (χ3v) is 3.88. The lowest BCUT2D eigenvalue weighted by Crippen LogP contribution is -2.37. The van der Waals surface area contributed by atoms with Crippen LogP contribution in [-0.2, 0) is 0 Å². The fourth-order valence-corrected chi connectivity index (χ4v) is 2.30. The van der Waals surface area contributed by atoms with E-state index in [1.165, 1.54) is 19.3 Å². The molecule has 1 saturated carbocycles. The van der Waals surface area contributed by atoms with E-state index in [0.717, 1.165) is 37.1 Å². The van der Waals surface area contributed by atoms with Crippen LogP contribution in [0.3, 0.4) is 0 Å². The molecule has 1 fully saturated rings. The van der Waals surface area contributed by atoms with Crippen LogP contribution in [0.4, 0.5) is 0 Å². The molecule has 1 aliphatic rings. The lowest BCUT2D eigenvalue weighted by molar-refractivity contribution is 0.249. The average Bonchev–Trinajstić information content (AvgIpc) is 2.39. The lowest BCUT2D eigenvalue weighted by Gasteiger charge is -2.28. The van der Waals surface area contributed by atoms with Crippen LogP contribution in [0, 0.1) is 5.92 Å². The van der Waals surface area contributed by atoms with Gasteiger partial charge in [-0.3, -0.25) is 0 Å². The van der Waals surface area contributed by atoms with E-state index in [0.29, 0.717) is 12.5 Å². The second kappa shape index (κ2) is 8.15. The van der Waals surface area contributed by atoms with Crippen molar-refractivity contribution in [2.75, 3.05) is 19.8 Å². The summed E-state index contributed by atoms with van der Waals surface area (Å²) < 4.78 is 11.4. The first-order valence-corrected chi connectivity index (χ1v) is 7.87. The fraction of sp³-hybridized carbons (Fsp3) is 0.647. The molecule has 1 aromatic carbocycles. The van der Waals surface area contributed by atoms with Crippen molar-refractivity contribution in [1.82, 2.24) is 5.32 Å². The van der Waals surface area contributed by atoms with Crippen LogP contribution in [-0.4, -0.2) is 25.8 Å². The molecule has 0 radical (unpaired) electrons. The largest absolute Gasteiger partial charge is 0.490 e. The number of rotatable bonds is 9. The SMILES string of the molecule is CCOc1ccccc1OCCC(C)CNC1CCC1. The minimum Gasteiger partial charge on any atom is -0.490 e. The zero-order valence-corrected chi connectivity index (χ0v) is 12.7. The average molecular weight is 277 g/mol. The van der Waals surface area contributed by atoms with Gasteiger partial charge in [0.05, 0.1) is 13.2 Å². The van der Waals surface area contributed by atoms with Crippen LogP contribution in [0.1, 0.15) is 39.5 Å². The summed E-state index contributed by atoms with van der Waals surface area (Å²) in [5, 5.41) is 3.62. The number of hydrogen-bond donors (Lipinski definition) is 1. The smallest absolute Gasteiger partial charge is 0.161 e. The van der Waals surface area contributed by atoms with E-state index in [1.807, 2.05) is 31.2 Å². The maximum atomic E-state index is 5.85. The van der Waals surface area contributed by atoms with Crippen molar-refractivity contribution in [2.45, 2.75) is 45.6 Å². The summed E-state index contributed by atoms with van der Waals surface area (Å²) >= 11 is 0. The molecule has 0 bridgehead atoms. The number of hydrogen-bond acceptors (Lipinski definition) is 3. The van der Waals surface area contributed by atoms with E-state index >= 15 is 0 Å². The van der Waals surface area contributed by atoms with E-state index in [9.17, 15) is 0 Å². The number of benzene rings is 1. The van der Waals surface area contributed by atoms with Gasteiger partial charge in [0, 0.05) is 6.04 Å². The molecule has 3 nitrogen and oxygen atoms in total. The fourth-order valence-electron chi connectivity index (χ4n) is 2.30. The second-order valence-electron chi connectivity index (χ2n) is 5.66. The minimum atomic E-state index is 0.648. The van der Waals surface area contributed by atoms with Crippen molar-refractivity contribution < 1.29 is 9.47 Å². The van der Waals surface area contributed by atoms with Crippen molar-refractivity contribution in [3.05, 3.63) is 24.3 Å². The molecule has 0 spiro atoms. The van der Waals surface area contributed by atoms with Gasteiger partial charge in [0.1, 0.15) is 0 Å². The van der Waals surface area contributed by atoms with Crippen molar-refractivity contribution in [3.8, 4) is 11.5 Å². The maximum absolute atomic E-state index is 5.85. The molecule has 1 unspecified atom stereocenters. The Morgan fingerprint density at radius 2 is 1.90 bits per heavy atom. The highest BCUT2D eigenvalue weighted by Crippen LogP contribution is 2.26. The lowest BCUT2D eigenvalue weighted by atomic mass is 9.92. The predicted molar refractivity (Wildman–Crippen MR) is 82.5 cm³/mol. The standard InChI is InChI=1S/C17H27NO2/c1-3-19-16-9-4-5-10-17(16)20-12-11-14(2)13-18-15-7-6-8-15/h4-5,9-10,14-15,18H,3,6-8,11-13H2,1-2H3. The normalized spacial score (nSPS) is 16.5. The van der Waals surface area contributed by atoms with Crippen molar-refractivity contribution in [1.29, 1.82) is 0 Å². The van der Waals surface area contributed by atoms with Gasteiger partial charge in [0.15, 0.2) is 11.5 Å². The Hall–Kier alpha value is -1.22. The molecule has 1 atom stereocenters. The maximum Gasteiger partial charge on any atom is 0.161 e. The summed E-state index contributed by atoms with van der Waals surface area (Å²) in [5.74, 6) is 2.35. The van der Waals surface area contributed by atoms with E-state index < -0.39 is 0 Å². The molecule has 0 heterocycles. The molecule has 112 valence electrons. The Kier molecular flexibility index (Phi) is 6.19. The Labute approximate surface area is 122 Å². The van der Waals surface area contributed by atoms with Gasteiger partial charge in [0.2, 0.25) is 0 Å². The zero-order valence-electron chi connectivity index (χ0n) is 12.7. The van der Waals surface area contributed by atoms with Gasteiger partial charge in [-0.05, 0) is 50.8 Å². The first-order chi connectivity index (χ1) is 9.79. The van der Waals surface area contributed by atoms with Crippen LogP contribution in [0.25, 0.3) is 0 Å². The molecular formula is C17H27NO2. The van der Waals surface area contributed by atoms with E-state index in [1.54, 1.807) is 0 Å². The molecule has 1 N–H and O–H groups in total. The quantitative estimate of drug-likeness (QED) is 0.747. The van der Waals surface area contributed by atoms with Gasteiger partial charge in [-0.15, -0.1) is 0 Å². The Balaban J connectivity index is 1.66. The Morgan fingerprint density at radius 3 is 2.50 bits per heavy atom. The Bertz CT molecular complexity index is 390. The van der Waals surface area contributed by atoms with Gasteiger partial charge in [-0.1, -0.05) is 25.5 Å². The molecule has 0 amide bonds. The van der Waals surface area contributed by atoms with E-state index in [4.69, 9.17) is 9.47 Å². The summed E-state index contributed by atoms with van der Waals surface area (Å²) in [6.45, 7) is 6.79. The van der Waals surface area contributed by atoms with E-state index in [2.05, 4.69) is 12.2 Å². The first-order valence-electron chi connectivity index (χ1n) is 7.87. The monoisotopic (exact) mass is 277 g/mol. The van der Waals surface area contributed by atoms with Gasteiger partial charge in [-0.2, -0.15) is 0 Å². The third-order valence-electron chi connectivity index (χ3n) is 3.88. The number of para-hydroxylation sites is 2. The number of ether oxygens (including phenoxy) is 2. The van der Waals surface area contributed by atoms with Gasteiger partial charge < -0.3 is 14.8 Å². The first kappa shape index (κ1) is 15.2. The van der Waals surface area contributed by atoms with Crippen molar-refractivity contribution >= 4 is 0 Å². The van der Waals surface area contributed by atoms with Crippen molar-refractivity contribution in [3.63, 3.8) is 0 Å². The molecule has 0 aromatic heterocycles. The van der Waals surface area contributed by atoms with Gasteiger partial charge >= 0.3 is 0 Å². The molecule has 1 aliphatic carbocycles. The summed E-state index contributed by atoms with van der Waals surface area (Å²) in [4.78, 5) is 0. The molecule has 0 saturated heterocycles. The van der Waals surface area contributed by atoms with E-state index in [-0.39, 0.29) is 0 Å². The summed E-state index contributed by atoms with van der Waals surface area (Å²) in [5.41, 5.74) is 0. The van der Waals surface area contributed by atoms with Crippen LogP contribution < -0.4 is 14.8 Å². The van der Waals surface area contributed by atoms with Crippen molar-refractivity contribution in [2.24, 2.45) is 5.92 Å². The molecule has 1 aromatic rings. The highest BCUT2D eigenvalue weighted by molar-refractivity contribution is 5.39. The van der Waals surface area contributed by atoms with Gasteiger partial charge in [0.25, 0.3) is 0 Å². The zero-order chi connectivity index (χ0) is 14.2. The molecule has 2 rings (SSSR count). The highest BCUT2D eigenvalue weighted by Gasteiger charge is 2.17. The summed E-state index contributed by atoms with van der Waals surface area (Å²) in [6, 6.07) is 8.67. The Morgan fingerprint density at radius 1 is 1.20 bits per heavy atom. The minimum absolute atomic E-state index is 0.648. The molecule has 0 aliphatic heterocycles. The molecular weight excluding hydrogens is 250 g/mol. The predicted octanol–water partition coefficient (Wildman–Crippen LogP) is 3.63. The third kappa shape index (κ3) is 4.71. The summed E-state index contributed by atoms with van der Waals surface area (Å²) in [7, 11) is 0. The van der Waals surface area contributed by atoms with Crippen LogP contribution in [0.15, 0.2) is 24.3 Å².